The molecule has 0 bridgehead atoms. The topological polar surface area (TPSA) is 58.6 Å². The van der Waals surface area contributed by atoms with E-state index in [1.165, 1.54) is 7.11 Å². The number of esters is 1. The minimum Gasteiger partial charge on any atom is -0.468 e. The van der Waals surface area contributed by atoms with Gasteiger partial charge in [-0.2, -0.15) is 11.8 Å². The Balaban J connectivity index is 3.61. The minimum atomic E-state index is -0.195. The Labute approximate surface area is 95.8 Å². The Morgan fingerprint density at radius 3 is 2.80 bits per heavy atom. The van der Waals surface area contributed by atoms with Gasteiger partial charge in [-0.05, 0) is 30.9 Å². The van der Waals surface area contributed by atoms with Crippen molar-refractivity contribution < 1.29 is 14.6 Å². The zero-order valence-electron chi connectivity index (χ0n) is 9.49. The first-order valence-corrected chi connectivity index (χ1v) is 6.41. The number of carbonyl (C=O) groups excluding carboxylic acids is 1. The quantitative estimate of drug-likeness (QED) is 0.454. The second-order valence-electron chi connectivity index (χ2n) is 3.11. The lowest BCUT2D eigenvalue weighted by Crippen LogP contribution is -2.37. The van der Waals surface area contributed by atoms with E-state index in [0.717, 1.165) is 30.9 Å². The Bertz CT molecular complexity index is 167. The number of hydrogen-bond donors (Lipinski definition) is 2. The summed E-state index contributed by atoms with van der Waals surface area (Å²) in [5.74, 6) is 1.66. The molecule has 0 aliphatic rings. The third-order valence-corrected chi connectivity index (χ3v) is 3.04. The molecule has 2 N–H and O–H groups in total. The fourth-order valence-corrected chi connectivity index (χ4v) is 2.10. The van der Waals surface area contributed by atoms with E-state index in [1.807, 2.05) is 6.92 Å². The summed E-state index contributed by atoms with van der Waals surface area (Å²) in [6.07, 6.45) is 1.59. The first-order chi connectivity index (χ1) is 7.26. The Morgan fingerprint density at radius 1 is 1.53 bits per heavy atom. The smallest absolute Gasteiger partial charge is 0.322 e. The molecule has 0 aliphatic carbocycles. The van der Waals surface area contributed by atoms with Crippen molar-refractivity contribution in [3.63, 3.8) is 0 Å². The number of thioether (sulfide) groups is 1. The SMILES string of the molecule is CCNC(CCSCCCO)C(=O)OC. The molecular formula is C10H21NO3S. The highest BCUT2D eigenvalue weighted by Gasteiger charge is 2.16. The maximum absolute atomic E-state index is 11.3. The molecule has 5 heteroatoms. The average molecular weight is 235 g/mol. The number of nitrogens with one attached hydrogen (secondary N) is 1. The van der Waals surface area contributed by atoms with Crippen molar-refractivity contribution in [1.82, 2.24) is 5.32 Å². The molecule has 0 aromatic heterocycles. The van der Waals surface area contributed by atoms with Gasteiger partial charge in [0.05, 0.1) is 7.11 Å². The first-order valence-electron chi connectivity index (χ1n) is 5.26. The van der Waals surface area contributed by atoms with E-state index in [9.17, 15) is 4.79 Å². The molecule has 0 rings (SSSR count). The highest BCUT2D eigenvalue weighted by molar-refractivity contribution is 7.99. The van der Waals surface area contributed by atoms with Gasteiger partial charge in [0.25, 0.3) is 0 Å². The number of methoxy groups -OCH3 is 1. The lowest BCUT2D eigenvalue weighted by molar-refractivity contribution is -0.143. The molecule has 0 saturated heterocycles. The highest BCUT2D eigenvalue weighted by atomic mass is 32.2. The molecule has 4 nitrogen and oxygen atoms in total. The molecule has 0 aromatic rings. The number of likely N-dealkylation sites (N-methyl/N-ethyl adjacent to an activating group) is 1. The van der Waals surface area contributed by atoms with E-state index >= 15 is 0 Å². The van der Waals surface area contributed by atoms with E-state index in [4.69, 9.17) is 9.84 Å². The van der Waals surface area contributed by atoms with Crippen LogP contribution in [-0.4, -0.2) is 48.9 Å². The zero-order chi connectivity index (χ0) is 11.5. The Hall–Kier alpha value is -0.260. The molecular weight excluding hydrogens is 214 g/mol. The molecule has 15 heavy (non-hydrogen) atoms. The normalized spacial score (nSPS) is 12.5. The molecule has 0 heterocycles. The van der Waals surface area contributed by atoms with Crippen LogP contribution in [0.4, 0.5) is 0 Å². The number of ether oxygens (including phenoxy) is 1. The summed E-state index contributed by atoms with van der Waals surface area (Å²) in [7, 11) is 1.41. The van der Waals surface area contributed by atoms with Crippen LogP contribution in [-0.2, 0) is 9.53 Å². The van der Waals surface area contributed by atoms with Crippen molar-refractivity contribution in [3.8, 4) is 0 Å². The number of hydrogen-bond acceptors (Lipinski definition) is 5. The largest absolute Gasteiger partial charge is 0.468 e. The van der Waals surface area contributed by atoms with Crippen LogP contribution in [0.15, 0.2) is 0 Å². The molecule has 90 valence electrons. The lowest BCUT2D eigenvalue weighted by Gasteiger charge is -2.14. The van der Waals surface area contributed by atoms with E-state index in [0.29, 0.717) is 0 Å². The molecule has 1 unspecified atom stereocenters. The molecule has 0 aliphatic heterocycles. The van der Waals surface area contributed by atoms with Gasteiger partial charge in [-0.1, -0.05) is 6.92 Å². The summed E-state index contributed by atoms with van der Waals surface area (Å²) < 4.78 is 4.69. The summed E-state index contributed by atoms with van der Waals surface area (Å²) in [6.45, 7) is 2.97. The summed E-state index contributed by atoms with van der Waals surface area (Å²) in [5, 5.41) is 11.7. The Kier molecular flexibility index (Phi) is 10.1. The maximum atomic E-state index is 11.3. The molecule has 0 spiro atoms. The fourth-order valence-electron chi connectivity index (χ4n) is 1.16. The van der Waals surface area contributed by atoms with Gasteiger partial charge in [0.2, 0.25) is 0 Å². The van der Waals surface area contributed by atoms with Crippen LogP contribution in [0.2, 0.25) is 0 Å². The van der Waals surface area contributed by atoms with Crippen LogP contribution in [0.3, 0.4) is 0 Å². The van der Waals surface area contributed by atoms with Gasteiger partial charge in [0, 0.05) is 6.61 Å². The predicted molar refractivity (Wildman–Crippen MR) is 63.1 cm³/mol. The first kappa shape index (κ1) is 14.7. The third kappa shape index (κ3) is 7.64. The minimum absolute atomic E-state index is 0.193. The molecule has 0 amide bonds. The van der Waals surface area contributed by atoms with Gasteiger partial charge >= 0.3 is 5.97 Å². The van der Waals surface area contributed by atoms with Crippen molar-refractivity contribution in [2.45, 2.75) is 25.8 Å². The fraction of sp³-hybridized carbons (Fsp3) is 0.900. The van der Waals surface area contributed by atoms with Crippen molar-refractivity contribution in [2.75, 3.05) is 31.8 Å². The van der Waals surface area contributed by atoms with Crippen LogP contribution in [0.1, 0.15) is 19.8 Å². The van der Waals surface area contributed by atoms with Crippen LogP contribution in [0, 0.1) is 0 Å². The number of aliphatic hydroxyl groups is 1. The Morgan fingerprint density at radius 2 is 2.27 bits per heavy atom. The summed E-state index contributed by atoms with van der Waals surface area (Å²) >= 11 is 1.75. The second kappa shape index (κ2) is 10.3. The maximum Gasteiger partial charge on any atom is 0.322 e. The molecule has 0 fully saturated rings. The van der Waals surface area contributed by atoms with E-state index < -0.39 is 0 Å². The van der Waals surface area contributed by atoms with Crippen molar-refractivity contribution in [2.24, 2.45) is 0 Å². The van der Waals surface area contributed by atoms with Gasteiger partial charge in [-0.3, -0.25) is 4.79 Å². The van der Waals surface area contributed by atoms with E-state index in [-0.39, 0.29) is 18.6 Å². The molecule has 0 aromatic carbocycles. The van der Waals surface area contributed by atoms with Crippen LogP contribution < -0.4 is 5.32 Å². The van der Waals surface area contributed by atoms with E-state index in [1.54, 1.807) is 11.8 Å². The number of aliphatic hydroxyl groups excluding tert-OH is 1. The number of carbonyl (C=O) groups is 1. The van der Waals surface area contributed by atoms with Crippen molar-refractivity contribution in [1.29, 1.82) is 0 Å². The van der Waals surface area contributed by atoms with Gasteiger partial charge in [0.1, 0.15) is 6.04 Å². The van der Waals surface area contributed by atoms with Gasteiger partial charge in [-0.25, -0.2) is 0 Å². The van der Waals surface area contributed by atoms with Crippen molar-refractivity contribution >= 4 is 17.7 Å². The number of rotatable bonds is 9. The van der Waals surface area contributed by atoms with Crippen molar-refractivity contribution in [3.05, 3.63) is 0 Å². The molecule has 0 saturated carbocycles. The highest BCUT2D eigenvalue weighted by Crippen LogP contribution is 2.07. The summed E-state index contributed by atoms with van der Waals surface area (Å²) in [6, 6.07) is -0.193. The monoisotopic (exact) mass is 235 g/mol. The molecule has 1 atom stereocenters. The van der Waals surface area contributed by atoms with Gasteiger partial charge in [-0.15, -0.1) is 0 Å². The average Bonchev–Trinajstić information content (AvgIpc) is 2.26. The summed E-state index contributed by atoms with van der Waals surface area (Å²) in [4.78, 5) is 11.3. The molecule has 0 radical (unpaired) electrons. The van der Waals surface area contributed by atoms with Gasteiger partial charge in [0.15, 0.2) is 0 Å². The van der Waals surface area contributed by atoms with Gasteiger partial charge < -0.3 is 15.2 Å². The van der Waals surface area contributed by atoms with Crippen LogP contribution >= 0.6 is 11.8 Å². The van der Waals surface area contributed by atoms with Crippen LogP contribution in [0.5, 0.6) is 0 Å². The summed E-state index contributed by atoms with van der Waals surface area (Å²) in [5.41, 5.74) is 0. The van der Waals surface area contributed by atoms with E-state index in [2.05, 4.69) is 5.32 Å². The standard InChI is InChI=1S/C10H21NO3S/c1-3-11-9(10(13)14-2)5-8-15-7-4-6-12/h9,11-12H,3-8H2,1-2H3. The zero-order valence-corrected chi connectivity index (χ0v) is 10.3. The predicted octanol–water partition coefficient (Wildman–Crippen LogP) is 0.643. The van der Waals surface area contributed by atoms with Crippen LogP contribution in [0.25, 0.3) is 0 Å². The third-order valence-electron chi connectivity index (χ3n) is 1.93. The lowest BCUT2D eigenvalue weighted by atomic mass is 10.2. The second-order valence-corrected chi connectivity index (χ2v) is 4.34.